The number of alkyl carbamates (subject to hydrolysis) is 1. The van der Waals surface area contributed by atoms with Crippen LogP contribution >= 0.6 is 0 Å². The molecular weight excluding hydrogens is 584 g/mol. The summed E-state index contributed by atoms with van der Waals surface area (Å²) in [6, 6.07) is 4.08. The van der Waals surface area contributed by atoms with E-state index in [1.54, 1.807) is 12.0 Å². The second-order valence-electron chi connectivity index (χ2n) is 14.9. The predicted octanol–water partition coefficient (Wildman–Crippen LogP) is 5.88. The zero-order valence-electron chi connectivity index (χ0n) is 28.0. The average molecular weight is 635 g/mol. The summed E-state index contributed by atoms with van der Waals surface area (Å²) in [5, 5.41) is 2.97. The Morgan fingerprint density at radius 2 is 1.76 bits per heavy atom. The van der Waals surface area contributed by atoms with Crippen LogP contribution in [0.15, 0.2) is 18.2 Å². The molecule has 5 aliphatic rings. The smallest absolute Gasteiger partial charge is 0.408 e. The molecule has 0 radical (unpaired) electrons. The van der Waals surface area contributed by atoms with E-state index in [2.05, 4.69) is 5.32 Å². The van der Waals surface area contributed by atoms with Crippen molar-refractivity contribution in [2.45, 2.75) is 116 Å². The summed E-state index contributed by atoms with van der Waals surface area (Å²) in [5.74, 6) is 1.85. The first kappa shape index (κ1) is 32.5. The molecule has 3 saturated carbocycles. The molecule has 2 amide bonds. The molecule has 4 fully saturated rings. The van der Waals surface area contributed by atoms with Crippen LogP contribution in [0.3, 0.4) is 0 Å². The summed E-state index contributed by atoms with van der Waals surface area (Å²) in [5.41, 5.74) is 1.61. The number of methoxy groups -OCH3 is 1. The van der Waals surface area contributed by atoms with Crippen molar-refractivity contribution in [3.05, 3.63) is 23.9 Å². The Bertz CT molecular complexity index is 1430. The summed E-state index contributed by atoms with van der Waals surface area (Å²) in [6.45, 7) is 7.99. The number of hydrogen-bond acceptors (Lipinski definition) is 8. The Kier molecular flexibility index (Phi) is 9.44. The van der Waals surface area contributed by atoms with E-state index in [-0.39, 0.29) is 24.5 Å². The van der Waals surface area contributed by atoms with E-state index in [9.17, 15) is 14.4 Å². The topological polar surface area (TPSA) is 120 Å². The Balaban J connectivity index is 1.37. The van der Waals surface area contributed by atoms with Crippen LogP contribution in [-0.2, 0) is 20.7 Å². The predicted molar refractivity (Wildman–Crippen MR) is 174 cm³/mol. The van der Waals surface area contributed by atoms with Gasteiger partial charge >= 0.3 is 6.09 Å². The standard InChI is InChI=1S/C36H50N4O6/c1-6-24-29(20-41)40-19-30(24)45-33-27(37-26-17-16-23(44-5)18-28(26)38-33)11-9-7-8-10-25-21-12-14-22(15-13-21)31(25)46-35(43)39-32(34(40)42)36(2,3)4/h16-18,20-22,24-25,29-32H,6-15,19H2,1-5H3,(H,39,43)/t21?,22?,24-,25+,29+,30-,31+,32+/m0/s1. The number of rotatable bonds is 3. The maximum atomic E-state index is 14.3. The number of carbonyl (C=O) groups excluding carboxylic acids is 3. The number of hydrogen-bond donors (Lipinski definition) is 1. The molecule has 2 aromatic rings. The van der Waals surface area contributed by atoms with Gasteiger partial charge in [-0.2, -0.15) is 0 Å². The third-order valence-electron chi connectivity index (χ3n) is 11.1. The SMILES string of the molecule is CC[C@@H]1[C@@H]2CN(C(=O)[C@H](C(C)(C)C)NC(=O)O[C@@H]3C4CCC(CC4)[C@H]3CCCCCc3nc4ccc(OC)cc4nc3O2)[C@@H]1C=O. The van der Waals surface area contributed by atoms with Crippen LogP contribution in [0.25, 0.3) is 11.0 Å². The number of ether oxygens (including phenoxy) is 3. The monoisotopic (exact) mass is 634 g/mol. The lowest BCUT2D eigenvalue weighted by atomic mass is 9.61. The second-order valence-corrected chi connectivity index (χ2v) is 14.9. The molecule has 0 unspecified atom stereocenters. The number of nitrogens with zero attached hydrogens (tertiary/aromatic N) is 3. The van der Waals surface area contributed by atoms with E-state index in [0.717, 1.165) is 56.0 Å². The molecular formula is C36H50N4O6. The van der Waals surface area contributed by atoms with Crippen LogP contribution in [-0.4, -0.2) is 71.1 Å². The molecule has 2 aliphatic heterocycles. The van der Waals surface area contributed by atoms with Gasteiger partial charge in [0.2, 0.25) is 11.8 Å². The van der Waals surface area contributed by atoms with E-state index in [1.165, 1.54) is 12.8 Å². The van der Waals surface area contributed by atoms with Gasteiger partial charge < -0.3 is 29.2 Å². The molecule has 10 nitrogen and oxygen atoms in total. The zero-order valence-corrected chi connectivity index (χ0v) is 28.0. The summed E-state index contributed by atoms with van der Waals surface area (Å²) in [7, 11) is 1.62. The molecule has 3 heterocycles. The lowest BCUT2D eigenvalue weighted by Gasteiger charge is -2.48. The quantitative estimate of drug-likeness (QED) is 0.416. The second kappa shape index (κ2) is 13.4. The van der Waals surface area contributed by atoms with Gasteiger partial charge in [0.05, 0.1) is 30.7 Å². The number of aldehydes is 1. The van der Waals surface area contributed by atoms with Crippen molar-refractivity contribution < 1.29 is 28.6 Å². The number of amides is 2. The van der Waals surface area contributed by atoms with Gasteiger partial charge in [-0.25, -0.2) is 14.8 Å². The van der Waals surface area contributed by atoms with Gasteiger partial charge in [-0.3, -0.25) is 4.79 Å². The van der Waals surface area contributed by atoms with Crippen LogP contribution in [0.2, 0.25) is 0 Å². The average Bonchev–Trinajstić information content (AvgIpc) is 3.40. The fourth-order valence-electron chi connectivity index (χ4n) is 8.57. The van der Waals surface area contributed by atoms with Gasteiger partial charge in [-0.1, -0.05) is 40.5 Å². The number of nitrogens with one attached hydrogen (secondary N) is 1. The third-order valence-corrected chi connectivity index (χ3v) is 11.1. The molecule has 46 heavy (non-hydrogen) atoms. The lowest BCUT2D eigenvalue weighted by Crippen LogP contribution is -2.57. The summed E-state index contributed by atoms with van der Waals surface area (Å²) in [6.07, 6.45) is 9.62. The molecule has 10 heteroatoms. The third kappa shape index (κ3) is 6.41. The minimum Gasteiger partial charge on any atom is -0.497 e. The van der Waals surface area contributed by atoms with Crippen molar-refractivity contribution in [1.29, 1.82) is 0 Å². The van der Waals surface area contributed by atoms with Crippen LogP contribution in [0.5, 0.6) is 11.6 Å². The molecule has 250 valence electrons. The maximum Gasteiger partial charge on any atom is 0.408 e. The zero-order chi connectivity index (χ0) is 32.6. The molecule has 7 rings (SSSR count). The highest BCUT2D eigenvalue weighted by molar-refractivity contribution is 5.89. The fraction of sp³-hybridized carbons (Fsp3) is 0.694. The first-order valence-electron chi connectivity index (χ1n) is 17.4. The van der Waals surface area contributed by atoms with Crippen molar-refractivity contribution in [1.82, 2.24) is 20.2 Å². The molecule has 1 saturated heterocycles. The van der Waals surface area contributed by atoms with Crippen LogP contribution < -0.4 is 14.8 Å². The van der Waals surface area contributed by atoms with Crippen molar-refractivity contribution in [3.63, 3.8) is 0 Å². The Morgan fingerprint density at radius 3 is 2.46 bits per heavy atom. The van der Waals surface area contributed by atoms with E-state index < -0.39 is 29.7 Å². The van der Waals surface area contributed by atoms with Gasteiger partial charge in [0.1, 0.15) is 36.0 Å². The van der Waals surface area contributed by atoms with Crippen molar-refractivity contribution in [2.75, 3.05) is 13.7 Å². The summed E-state index contributed by atoms with van der Waals surface area (Å²) >= 11 is 0. The van der Waals surface area contributed by atoms with E-state index in [4.69, 9.17) is 24.2 Å². The minimum atomic E-state index is -0.875. The molecule has 1 aromatic heterocycles. The number of benzene rings is 1. The lowest BCUT2D eigenvalue weighted by molar-refractivity contribution is -0.139. The minimum absolute atomic E-state index is 0.131. The molecule has 4 bridgehead atoms. The molecule has 6 atom stereocenters. The molecule has 3 aliphatic carbocycles. The number of carbonyl (C=O) groups is 3. The number of fused-ring (bicyclic) bond motifs is 6. The van der Waals surface area contributed by atoms with Gasteiger partial charge in [0.15, 0.2) is 0 Å². The summed E-state index contributed by atoms with van der Waals surface area (Å²) in [4.78, 5) is 52.0. The first-order chi connectivity index (χ1) is 22.1. The summed E-state index contributed by atoms with van der Waals surface area (Å²) < 4.78 is 18.3. The highest BCUT2D eigenvalue weighted by Crippen LogP contribution is 2.48. The van der Waals surface area contributed by atoms with Crippen LogP contribution in [0.4, 0.5) is 4.79 Å². The Labute approximate surface area is 272 Å². The van der Waals surface area contributed by atoms with E-state index in [0.29, 0.717) is 47.7 Å². The van der Waals surface area contributed by atoms with Crippen molar-refractivity contribution in [2.24, 2.45) is 29.1 Å². The molecule has 0 spiro atoms. The van der Waals surface area contributed by atoms with Crippen molar-refractivity contribution in [3.8, 4) is 11.6 Å². The van der Waals surface area contributed by atoms with Crippen LogP contribution in [0, 0.1) is 29.1 Å². The van der Waals surface area contributed by atoms with Gasteiger partial charge in [-0.15, -0.1) is 0 Å². The molecule has 1 N–H and O–H groups in total. The normalized spacial score (nSPS) is 32.3. The number of aromatic nitrogens is 2. The van der Waals surface area contributed by atoms with E-state index in [1.807, 2.05) is 45.9 Å². The Morgan fingerprint density at radius 1 is 1.00 bits per heavy atom. The largest absolute Gasteiger partial charge is 0.497 e. The van der Waals surface area contributed by atoms with Crippen LogP contribution in [0.1, 0.15) is 91.2 Å². The molecule has 1 aromatic carbocycles. The van der Waals surface area contributed by atoms with Gasteiger partial charge in [0.25, 0.3) is 0 Å². The highest BCUT2D eigenvalue weighted by Gasteiger charge is 2.49. The van der Waals surface area contributed by atoms with Gasteiger partial charge in [0, 0.05) is 12.0 Å². The Hall–Kier alpha value is -3.43. The fourth-order valence-corrected chi connectivity index (χ4v) is 8.57. The van der Waals surface area contributed by atoms with Gasteiger partial charge in [-0.05, 0) is 86.7 Å². The van der Waals surface area contributed by atoms with E-state index >= 15 is 0 Å². The maximum absolute atomic E-state index is 14.3. The highest BCUT2D eigenvalue weighted by atomic mass is 16.6. The first-order valence-corrected chi connectivity index (χ1v) is 17.4. The van der Waals surface area contributed by atoms with Crippen molar-refractivity contribution >= 4 is 29.3 Å². The number of aryl methyl sites for hydroxylation is 1.